The second-order valence-corrected chi connectivity index (χ2v) is 6.25. The zero-order valence-electron chi connectivity index (χ0n) is 14.4. The first kappa shape index (κ1) is 17.2. The fraction of sp³-hybridized carbons (Fsp3) is 0.389. The van der Waals surface area contributed by atoms with Crippen LogP contribution in [0, 0.1) is 12.8 Å². The number of carbonyl (C=O) groups is 2. The molecule has 2 amide bonds. The van der Waals surface area contributed by atoms with Crippen molar-refractivity contribution in [1.82, 2.24) is 20.5 Å². The summed E-state index contributed by atoms with van der Waals surface area (Å²) in [6, 6.07) is 9.79. The number of nitrogens with one attached hydrogen (secondary N) is 2. The van der Waals surface area contributed by atoms with Gasteiger partial charge in [-0.3, -0.25) is 14.5 Å². The summed E-state index contributed by atoms with van der Waals surface area (Å²) in [5.41, 5.74) is 1.71. The lowest BCUT2D eigenvalue weighted by Crippen LogP contribution is -2.45. The van der Waals surface area contributed by atoms with E-state index in [1.165, 1.54) is 12.0 Å². The predicted octanol–water partition coefficient (Wildman–Crippen LogP) is 0.959. The summed E-state index contributed by atoms with van der Waals surface area (Å²) in [5.74, 6) is -0.524. The smallest absolute Gasteiger partial charge is 0.289 e. The van der Waals surface area contributed by atoms with Crippen LogP contribution in [0.5, 0.6) is 0 Å². The van der Waals surface area contributed by atoms with Gasteiger partial charge in [-0.1, -0.05) is 30.3 Å². The number of benzene rings is 1. The summed E-state index contributed by atoms with van der Waals surface area (Å²) in [5, 5.41) is 5.62. The number of hydrogen-bond acceptors (Lipinski definition) is 5. The van der Waals surface area contributed by atoms with Crippen LogP contribution in [0.4, 0.5) is 0 Å². The molecule has 1 aliphatic rings. The van der Waals surface area contributed by atoms with E-state index in [-0.39, 0.29) is 29.5 Å². The first-order valence-corrected chi connectivity index (χ1v) is 8.27. The van der Waals surface area contributed by atoms with Crippen molar-refractivity contribution in [1.29, 1.82) is 0 Å². The van der Waals surface area contributed by atoms with E-state index in [1.807, 2.05) is 18.2 Å². The van der Waals surface area contributed by atoms with Crippen molar-refractivity contribution in [3.63, 3.8) is 0 Å². The van der Waals surface area contributed by atoms with E-state index < -0.39 is 0 Å². The van der Waals surface area contributed by atoms with E-state index in [4.69, 9.17) is 4.42 Å². The summed E-state index contributed by atoms with van der Waals surface area (Å²) in [7, 11) is 1.61. The van der Waals surface area contributed by atoms with Crippen molar-refractivity contribution >= 4 is 11.8 Å². The molecule has 132 valence electrons. The van der Waals surface area contributed by atoms with Crippen molar-refractivity contribution in [3.05, 3.63) is 53.7 Å². The number of nitrogens with zero attached hydrogens (tertiary/aromatic N) is 2. The van der Waals surface area contributed by atoms with Gasteiger partial charge in [0, 0.05) is 26.7 Å². The molecule has 1 aromatic heterocycles. The summed E-state index contributed by atoms with van der Waals surface area (Å²) in [6.07, 6.45) is 1.25. The van der Waals surface area contributed by atoms with Gasteiger partial charge in [0.15, 0.2) is 6.39 Å². The first-order valence-electron chi connectivity index (χ1n) is 8.27. The van der Waals surface area contributed by atoms with Gasteiger partial charge < -0.3 is 15.1 Å². The molecule has 2 heterocycles. The Balaban J connectivity index is 1.70. The van der Waals surface area contributed by atoms with Gasteiger partial charge in [-0.05, 0) is 12.5 Å². The Morgan fingerprint density at radius 1 is 1.28 bits per heavy atom. The second kappa shape index (κ2) is 7.48. The van der Waals surface area contributed by atoms with Gasteiger partial charge in [0.2, 0.25) is 11.7 Å². The molecule has 2 atom stereocenters. The van der Waals surface area contributed by atoms with E-state index in [0.717, 1.165) is 6.54 Å². The lowest BCUT2D eigenvalue weighted by Gasteiger charge is -2.18. The monoisotopic (exact) mass is 342 g/mol. The largest absolute Gasteiger partial charge is 0.438 e. The lowest BCUT2D eigenvalue weighted by molar-refractivity contribution is -0.124. The van der Waals surface area contributed by atoms with E-state index in [1.54, 1.807) is 14.0 Å². The minimum absolute atomic E-state index is 0.0739. The number of rotatable bonds is 5. The van der Waals surface area contributed by atoms with Crippen LogP contribution in [-0.2, 0) is 11.3 Å². The molecule has 7 nitrogen and oxygen atoms in total. The third-order valence-corrected chi connectivity index (χ3v) is 4.50. The molecule has 0 spiro atoms. The Morgan fingerprint density at radius 2 is 2.04 bits per heavy atom. The van der Waals surface area contributed by atoms with Crippen LogP contribution in [0.3, 0.4) is 0 Å². The average Bonchev–Trinajstić information content (AvgIpc) is 3.21. The van der Waals surface area contributed by atoms with Crippen molar-refractivity contribution in [3.8, 4) is 0 Å². The third-order valence-electron chi connectivity index (χ3n) is 4.50. The molecule has 0 bridgehead atoms. The molecule has 0 unspecified atom stereocenters. The summed E-state index contributed by atoms with van der Waals surface area (Å²) in [6.45, 7) is 3.65. The maximum absolute atomic E-state index is 12.4. The van der Waals surface area contributed by atoms with Gasteiger partial charge in [0.1, 0.15) is 0 Å². The summed E-state index contributed by atoms with van der Waals surface area (Å²) >= 11 is 0. The molecule has 1 aliphatic heterocycles. The van der Waals surface area contributed by atoms with Crippen LogP contribution in [0.2, 0.25) is 0 Å². The molecular formula is C18H22N4O3. The van der Waals surface area contributed by atoms with E-state index in [2.05, 4.69) is 32.7 Å². The van der Waals surface area contributed by atoms with E-state index in [9.17, 15) is 9.59 Å². The van der Waals surface area contributed by atoms with Crippen molar-refractivity contribution in [2.75, 3.05) is 20.1 Å². The van der Waals surface area contributed by atoms with E-state index in [0.29, 0.717) is 18.8 Å². The molecule has 1 fully saturated rings. The first-order chi connectivity index (χ1) is 12.1. The number of aryl methyl sites for hydroxylation is 1. The second-order valence-electron chi connectivity index (χ2n) is 6.25. The zero-order chi connectivity index (χ0) is 17.8. The third kappa shape index (κ3) is 3.88. The SMILES string of the molecule is CNC(=O)[C@H]1CN(Cc2ccccc2)C[C@@H]1NC(=O)c1ocnc1C. The molecule has 3 rings (SSSR count). The topological polar surface area (TPSA) is 87.5 Å². The fourth-order valence-corrected chi connectivity index (χ4v) is 3.21. The van der Waals surface area contributed by atoms with Gasteiger partial charge in [-0.15, -0.1) is 0 Å². The van der Waals surface area contributed by atoms with Gasteiger partial charge in [0.05, 0.1) is 17.7 Å². The molecule has 2 aromatic rings. The lowest BCUT2D eigenvalue weighted by atomic mass is 10.0. The van der Waals surface area contributed by atoms with Gasteiger partial charge in [-0.25, -0.2) is 4.98 Å². The minimum atomic E-state index is -0.338. The molecule has 1 aromatic carbocycles. The molecule has 0 aliphatic carbocycles. The standard InChI is InChI=1S/C18H22N4O3/c1-12-16(25-11-20-12)18(24)21-15-10-22(9-14(15)17(23)19-2)8-13-6-4-3-5-7-13/h3-7,11,14-15H,8-10H2,1-2H3,(H,19,23)(H,21,24)/t14-,15-/m0/s1. The van der Waals surface area contributed by atoms with Gasteiger partial charge in [0.25, 0.3) is 5.91 Å². The number of hydrogen-bond donors (Lipinski definition) is 2. The van der Waals surface area contributed by atoms with Gasteiger partial charge >= 0.3 is 0 Å². The highest BCUT2D eigenvalue weighted by molar-refractivity contribution is 5.93. The van der Waals surface area contributed by atoms with Gasteiger partial charge in [-0.2, -0.15) is 0 Å². The van der Waals surface area contributed by atoms with Crippen LogP contribution in [0.1, 0.15) is 21.8 Å². The number of amides is 2. The maximum Gasteiger partial charge on any atom is 0.289 e. The Hall–Kier alpha value is -2.67. The minimum Gasteiger partial charge on any atom is -0.438 e. The quantitative estimate of drug-likeness (QED) is 0.845. The van der Waals surface area contributed by atoms with Crippen molar-refractivity contribution in [2.45, 2.75) is 19.5 Å². The van der Waals surface area contributed by atoms with Crippen molar-refractivity contribution in [2.24, 2.45) is 5.92 Å². The molecule has 7 heteroatoms. The maximum atomic E-state index is 12.4. The number of oxazole rings is 1. The van der Waals surface area contributed by atoms with Crippen molar-refractivity contribution < 1.29 is 14.0 Å². The van der Waals surface area contributed by atoms with Crippen LogP contribution in [0.15, 0.2) is 41.1 Å². The Labute approximate surface area is 146 Å². The highest BCUT2D eigenvalue weighted by atomic mass is 16.3. The Kier molecular flexibility index (Phi) is 5.14. The average molecular weight is 342 g/mol. The predicted molar refractivity (Wildman–Crippen MR) is 91.8 cm³/mol. The number of aromatic nitrogens is 1. The van der Waals surface area contributed by atoms with Crippen LogP contribution >= 0.6 is 0 Å². The molecule has 2 N–H and O–H groups in total. The fourth-order valence-electron chi connectivity index (χ4n) is 3.21. The summed E-state index contributed by atoms with van der Waals surface area (Å²) < 4.78 is 5.14. The normalized spacial score (nSPS) is 20.4. The van der Waals surface area contributed by atoms with Crippen LogP contribution < -0.4 is 10.6 Å². The highest BCUT2D eigenvalue weighted by Gasteiger charge is 2.38. The van der Waals surface area contributed by atoms with Crippen LogP contribution in [0.25, 0.3) is 0 Å². The molecule has 0 saturated carbocycles. The molecule has 25 heavy (non-hydrogen) atoms. The molecule has 1 saturated heterocycles. The Morgan fingerprint density at radius 3 is 2.68 bits per heavy atom. The number of carbonyl (C=O) groups excluding carboxylic acids is 2. The highest BCUT2D eigenvalue weighted by Crippen LogP contribution is 2.20. The Bertz CT molecular complexity index is 744. The number of likely N-dealkylation sites (tertiary alicyclic amines) is 1. The van der Waals surface area contributed by atoms with Crippen LogP contribution in [-0.4, -0.2) is 47.9 Å². The van der Waals surface area contributed by atoms with E-state index >= 15 is 0 Å². The summed E-state index contributed by atoms with van der Waals surface area (Å²) in [4.78, 5) is 30.8. The zero-order valence-corrected chi connectivity index (χ0v) is 14.4. The molecule has 0 radical (unpaired) electrons. The molecular weight excluding hydrogens is 320 g/mol.